The van der Waals surface area contributed by atoms with Crippen molar-refractivity contribution in [2.24, 2.45) is 0 Å². The van der Waals surface area contributed by atoms with Crippen LogP contribution in [0.5, 0.6) is 0 Å². The monoisotopic (exact) mass is 456 g/mol. The largest absolute Gasteiger partial charge is 0.457 e. The standard InChI is InChI=1S/C21H13ClN2O4S2/c22-17-10-14(24(26)27)6-8-16(17)18-9-7-15(28-18)11-19-20(25)23(21(29)30-19)12-13-4-2-1-3-5-13/h1-11H,12H2/b19-11+. The van der Waals surface area contributed by atoms with E-state index >= 15 is 0 Å². The summed E-state index contributed by atoms with van der Waals surface area (Å²) in [5, 5.41) is 11.1. The SMILES string of the molecule is O=C1/C(=C\c2ccc(-c3ccc([N+](=O)[O-])cc3Cl)o2)SC(=S)N1Cc1ccccc1. The Kier molecular flexibility index (Phi) is 5.72. The van der Waals surface area contributed by atoms with Gasteiger partial charge < -0.3 is 4.42 Å². The third-order valence-corrected chi connectivity index (χ3v) is 6.08. The zero-order chi connectivity index (χ0) is 21.3. The van der Waals surface area contributed by atoms with Crippen LogP contribution in [0.25, 0.3) is 17.4 Å². The fourth-order valence-corrected chi connectivity index (χ4v) is 4.43. The molecule has 2 heterocycles. The predicted octanol–water partition coefficient (Wildman–Crippen LogP) is 5.91. The molecule has 3 aromatic rings. The van der Waals surface area contributed by atoms with Gasteiger partial charge in [0.1, 0.15) is 15.8 Å². The van der Waals surface area contributed by atoms with Crippen LogP contribution in [-0.4, -0.2) is 20.1 Å². The maximum atomic E-state index is 12.8. The number of thiocarbonyl (C=S) groups is 1. The molecule has 0 bridgehead atoms. The second kappa shape index (κ2) is 8.43. The summed E-state index contributed by atoms with van der Waals surface area (Å²) in [6, 6.07) is 17.2. The van der Waals surface area contributed by atoms with E-state index in [1.165, 1.54) is 30.0 Å². The van der Waals surface area contributed by atoms with E-state index in [9.17, 15) is 14.9 Å². The number of rotatable bonds is 5. The van der Waals surface area contributed by atoms with Crippen LogP contribution >= 0.6 is 35.6 Å². The first-order chi connectivity index (χ1) is 14.4. The average Bonchev–Trinajstić information content (AvgIpc) is 3.29. The second-order valence-electron chi connectivity index (χ2n) is 6.38. The van der Waals surface area contributed by atoms with E-state index in [-0.39, 0.29) is 16.6 Å². The summed E-state index contributed by atoms with van der Waals surface area (Å²) in [6.45, 7) is 0.407. The molecule has 1 aromatic heterocycles. The Hall–Kier alpha value is -2.94. The molecule has 1 amide bonds. The molecule has 1 aliphatic rings. The molecule has 0 spiro atoms. The third-order valence-electron chi connectivity index (χ3n) is 4.39. The van der Waals surface area contributed by atoms with Gasteiger partial charge in [-0.25, -0.2) is 0 Å². The number of carbonyl (C=O) groups is 1. The molecule has 2 aromatic carbocycles. The number of halogens is 1. The van der Waals surface area contributed by atoms with Gasteiger partial charge in [-0.1, -0.05) is 65.9 Å². The Morgan fingerprint density at radius 2 is 1.93 bits per heavy atom. The highest BCUT2D eigenvalue weighted by molar-refractivity contribution is 8.26. The Morgan fingerprint density at radius 3 is 2.63 bits per heavy atom. The molecule has 0 saturated carbocycles. The fourth-order valence-electron chi connectivity index (χ4n) is 2.92. The second-order valence-corrected chi connectivity index (χ2v) is 8.46. The topological polar surface area (TPSA) is 76.6 Å². The number of nitro groups is 1. The van der Waals surface area contributed by atoms with Gasteiger partial charge in [-0.05, 0) is 23.8 Å². The van der Waals surface area contributed by atoms with Crippen molar-refractivity contribution in [1.82, 2.24) is 4.90 Å². The molecule has 30 heavy (non-hydrogen) atoms. The van der Waals surface area contributed by atoms with Crippen molar-refractivity contribution in [1.29, 1.82) is 0 Å². The number of hydrogen-bond donors (Lipinski definition) is 0. The van der Waals surface area contributed by atoms with E-state index in [0.717, 1.165) is 5.56 Å². The Labute approximate surface area is 186 Å². The molecular weight excluding hydrogens is 444 g/mol. The molecule has 0 atom stereocenters. The van der Waals surface area contributed by atoms with Crippen molar-refractivity contribution in [3.63, 3.8) is 0 Å². The first-order valence-electron chi connectivity index (χ1n) is 8.76. The highest BCUT2D eigenvalue weighted by atomic mass is 35.5. The number of carbonyl (C=O) groups excluding carboxylic acids is 1. The van der Waals surface area contributed by atoms with Crippen LogP contribution in [-0.2, 0) is 11.3 Å². The van der Waals surface area contributed by atoms with Crippen LogP contribution in [0.1, 0.15) is 11.3 Å². The maximum absolute atomic E-state index is 12.8. The lowest BCUT2D eigenvalue weighted by Crippen LogP contribution is -2.27. The van der Waals surface area contributed by atoms with E-state index in [1.807, 2.05) is 30.3 Å². The highest BCUT2D eigenvalue weighted by Gasteiger charge is 2.32. The van der Waals surface area contributed by atoms with Gasteiger partial charge in [0.25, 0.3) is 11.6 Å². The predicted molar refractivity (Wildman–Crippen MR) is 121 cm³/mol. The summed E-state index contributed by atoms with van der Waals surface area (Å²) in [4.78, 5) is 25.1. The summed E-state index contributed by atoms with van der Waals surface area (Å²) >= 11 is 12.7. The molecule has 9 heteroatoms. The van der Waals surface area contributed by atoms with Gasteiger partial charge in [-0.3, -0.25) is 19.8 Å². The average molecular weight is 457 g/mol. The van der Waals surface area contributed by atoms with Crippen molar-refractivity contribution in [2.45, 2.75) is 6.54 Å². The molecule has 1 saturated heterocycles. The minimum Gasteiger partial charge on any atom is -0.457 e. The van der Waals surface area contributed by atoms with Crippen LogP contribution in [0.2, 0.25) is 5.02 Å². The molecule has 150 valence electrons. The summed E-state index contributed by atoms with van der Waals surface area (Å²) < 4.78 is 6.28. The van der Waals surface area contributed by atoms with Gasteiger partial charge in [0.15, 0.2) is 0 Å². The summed E-state index contributed by atoms with van der Waals surface area (Å²) in [6.07, 6.45) is 1.63. The quantitative estimate of drug-likeness (QED) is 0.205. The summed E-state index contributed by atoms with van der Waals surface area (Å²) in [5.41, 5.74) is 1.42. The van der Waals surface area contributed by atoms with Crippen LogP contribution in [0.3, 0.4) is 0 Å². The van der Waals surface area contributed by atoms with E-state index < -0.39 is 4.92 Å². The number of thioether (sulfide) groups is 1. The normalized spacial score (nSPS) is 15.2. The minimum absolute atomic E-state index is 0.0994. The summed E-state index contributed by atoms with van der Waals surface area (Å²) in [5.74, 6) is 0.723. The Morgan fingerprint density at radius 1 is 1.17 bits per heavy atom. The first-order valence-corrected chi connectivity index (χ1v) is 10.4. The molecule has 0 radical (unpaired) electrons. The van der Waals surface area contributed by atoms with Crippen LogP contribution in [0.15, 0.2) is 70.0 Å². The highest BCUT2D eigenvalue weighted by Crippen LogP contribution is 2.36. The van der Waals surface area contributed by atoms with Gasteiger partial charge in [0, 0.05) is 23.8 Å². The lowest BCUT2D eigenvalue weighted by Gasteiger charge is -2.14. The van der Waals surface area contributed by atoms with E-state index in [4.69, 9.17) is 28.2 Å². The number of non-ortho nitro benzene ring substituents is 1. The van der Waals surface area contributed by atoms with Crippen molar-refractivity contribution in [2.75, 3.05) is 0 Å². The minimum atomic E-state index is -0.513. The van der Waals surface area contributed by atoms with Crippen molar-refractivity contribution < 1.29 is 14.1 Å². The van der Waals surface area contributed by atoms with Crippen molar-refractivity contribution >= 4 is 57.6 Å². The number of furan rings is 1. The number of hydrogen-bond acceptors (Lipinski definition) is 6. The third kappa shape index (κ3) is 4.16. The van der Waals surface area contributed by atoms with Gasteiger partial charge >= 0.3 is 0 Å². The first kappa shape index (κ1) is 20.3. The molecule has 0 aliphatic carbocycles. The van der Waals surface area contributed by atoms with Crippen LogP contribution in [0.4, 0.5) is 5.69 Å². The number of benzene rings is 2. The van der Waals surface area contributed by atoms with E-state index in [0.29, 0.717) is 32.9 Å². The molecule has 6 nitrogen and oxygen atoms in total. The molecule has 4 rings (SSSR count). The zero-order valence-corrected chi connectivity index (χ0v) is 17.7. The van der Waals surface area contributed by atoms with Crippen molar-refractivity contribution in [3.8, 4) is 11.3 Å². The fraction of sp³-hybridized carbons (Fsp3) is 0.0476. The lowest BCUT2D eigenvalue weighted by molar-refractivity contribution is -0.384. The van der Waals surface area contributed by atoms with E-state index in [2.05, 4.69) is 0 Å². The van der Waals surface area contributed by atoms with Crippen molar-refractivity contribution in [3.05, 3.63) is 92.0 Å². The Bertz CT molecular complexity index is 1190. The molecule has 0 unspecified atom stereocenters. The number of amides is 1. The van der Waals surface area contributed by atoms with Gasteiger partial charge in [0.05, 0.1) is 21.4 Å². The Balaban J connectivity index is 1.55. The maximum Gasteiger partial charge on any atom is 0.270 e. The smallest absolute Gasteiger partial charge is 0.270 e. The number of nitro benzene ring substituents is 1. The van der Waals surface area contributed by atoms with Gasteiger partial charge in [0.2, 0.25) is 0 Å². The molecule has 0 N–H and O–H groups in total. The molecular formula is C21H13ClN2O4S2. The van der Waals surface area contributed by atoms with Crippen LogP contribution in [0, 0.1) is 10.1 Å². The lowest BCUT2D eigenvalue weighted by atomic mass is 10.1. The number of nitrogens with zero attached hydrogens (tertiary/aromatic N) is 2. The van der Waals surface area contributed by atoms with Crippen LogP contribution < -0.4 is 0 Å². The summed E-state index contributed by atoms with van der Waals surface area (Å²) in [7, 11) is 0. The molecule has 1 fully saturated rings. The van der Waals surface area contributed by atoms with Gasteiger partial charge in [-0.15, -0.1) is 0 Å². The molecule has 1 aliphatic heterocycles. The van der Waals surface area contributed by atoms with E-state index in [1.54, 1.807) is 23.1 Å². The zero-order valence-electron chi connectivity index (χ0n) is 15.3. The van der Waals surface area contributed by atoms with Gasteiger partial charge in [-0.2, -0.15) is 0 Å².